The Hall–Kier alpha value is -2.14. The fraction of sp³-hybridized carbons (Fsp3) is 0.474. The molecule has 0 aliphatic heterocycles. The quantitative estimate of drug-likeness (QED) is 0.824. The van der Waals surface area contributed by atoms with Gasteiger partial charge in [-0.25, -0.2) is 0 Å². The molecule has 5 nitrogen and oxygen atoms in total. The number of nitrogens with one attached hydrogen (secondary N) is 1. The summed E-state index contributed by atoms with van der Waals surface area (Å²) in [5, 5.41) is 4.03. The molecule has 1 unspecified atom stereocenters. The topological polar surface area (TPSA) is 60.5 Å². The molecule has 0 amide bonds. The first kappa shape index (κ1) is 18.2. The van der Waals surface area contributed by atoms with Crippen molar-refractivity contribution < 1.29 is 14.3 Å². The molecular formula is C19H26N2O3. The summed E-state index contributed by atoms with van der Waals surface area (Å²) in [7, 11) is 1.75. The van der Waals surface area contributed by atoms with Crippen LogP contribution in [0.1, 0.15) is 32.8 Å². The van der Waals surface area contributed by atoms with Gasteiger partial charge in [0.2, 0.25) is 0 Å². The number of esters is 1. The number of fused-ring (bicyclic) bond motifs is 1. The van der Waals surface area contributed by atoms with Crippen LogP contribution in [0.3, 0.4) is 0 Å². The molecule has 0 fully saturated rings. The second kappa shape index (κ2) is 7.62. The summed E-state index contributed by atoms with van der Waals surface area (Å²) in [5.41, 5.74) is 1.56. The summed E-state index contributed by atoms with van der Waals surface area (Å²) in [6, 6.07) is 7.50. The lowest BCUT2D eigenvalue weighted by atomic mass is 10.1. The first-order chi connectivity index (χ1) is 11.3. The van der Waals surface area contributed by atoms with Crippen molar-refractivity contribution in [3.05, 3.63) is 36.0 Å². The van der Waals surface area contributed by atoms with E-state index in [0.29, 0.717) is 13.0 Å². The summed E-state index contributed by atoms with van der Waals surface area (Å²) >= 11 is 0. The molecule has 1 heterocycles. The van der Waals surface area contributed by atoms with Gasteiger partial charge >= 0.3 is 5.97 Å². The first-order valence-electron chi connectivity index (χ1n) is 8.18. The standard InChI is InChI=1S/C19H26N2O3/c1-13-10-14-11-15(6-7-16(14)21-12-13)23-9-8-17(20-5)18(22)24-19(2,3)4/h6-7,10-12,17,20H,8-9H2,1-5H3. The van der Waals surface area contributed by atoms with Crippen molar-refractivity contribution in [2.75, 3.05) is 13.7 Å². The Kier molecular flexibility index (Phi) is 5.78. The van der Waals surface area contributed by atoms with E-state index in [9.17, 15) is 4.79 Å². The number of hydrogen-bond donors (Lipinski definition) is 1. The van der Waals surface area contributed by atoms with Crippen LogP contribution in [0.5, 0.6) is 5.75 Å². The Balaban J connectivity index is 1.94. The van der Waals surface area contributed by atoms with Crippen molar-refractivity contribution >= 4 is 16.9 Å². The van der Waals surface area contributed by atoms with Gasteiger partial charge in [-0.15, -0.1) is 0 Å². The Morgan fingerprint density at radius 1 is 1.29 bits per heavy atom. The Morgan fingerprint density at radius 2 is 2.04 bits per heavy atom. The highest BCUT2D eigenvalue weighted by atomic mass is 16.6. The Labute approximate surface area is 143 Å². The number of hydrogen-bond acceptors (Lipinski definition) is 5. The number of likely N-dealkylation sites (N-methyl/N-ethyl adjacent to an activating group) is 1. The van der Waals surface area contributed by atoms with Crippen LogP contribution in [0, 0.1) is 6.92 Å². The van der Waals surface area contributed by atoms with Gasteiger partial charge in [-0.2, -0.15) is 0 Å². The third kappa shape index (κ3) is 5.20. The summed E-state index contributed by atoms with van der Waals surface area (Å²) < 4.78 is 11.2. The molecule has 0 saturated heterocycles. The minimum atomic E-state index is -0.490. The molecule has 0 saturated carbocycles. The average molecular weight is 330 g/mol. The van der Waals surface area contributed by atoms with Crippen molar-refractivity contribution in [3.8, 4) is 5.75 Å². The molecule has 2 aromatic rings. The molecule has 1 atom stereocenters. The lowest BCUT2D eigenvalue weighted by Crippen LogP contribution is -2.40. The summed E-state index contributed by atoms with van der Waals surface area (Å²) in [5.74, 6) is 0.515. The first-order valence-corrected chi connectivity index (χ1v) is 8.18. The fourth-order valence-electron chi connectivity index (χ4n) is 2.36. The van der Waals surface area contributed by atoms with Gasteiger partial charge < -0.3 is 14.8 Å². The van der Waals surface area contributed by atoms with Gasteiger partial charge in [-0.3, -0.25) is 9.78 Å². The van der Waals surface area contributed by atoms with Crippen molar-refractivity contribution in [1.82, 2.24) is 10.3 Å². The zero-order chi connectivity index (χ0) is 17.7. The maximum absolute atomic E-state index is 12.1. The van der Waals surface area contributed by atoms with Crippen LogP contribution in [-0.4, -0.2) is 36.3 Å². The van der Waals surface area contributed by atoms with Crippen LogP contribution >= 0.6 is 0 Å². The monoisotopic (exact) mass is 330 g/mol. The van der Waals surface area contributed by atoms with Crippen molar-refractivity contribution in [2.45, 2.75) is 45.8 Å². The molecule has 1 N–H and O–H groups in total. The number of aromatic nitrogens is 1. The van der Waals surface area contributed by atoms with Gasteiger partial charge in [0.1, 0.15) is 17.4 Å². The molecule has 0 aliphatic rings. The SMILES string of the molecule is CNC(CCOc1ccc2ncc(C)cc2c1)C(=O)OC(C)(C)C. The minimum absolute atomic E-state index is 0.257. The number of rotatable bonds is 6. The summed E-state index contributed by atoms with van der Waals surface area (Å²) in [4.78, 5) is 16.5. The van der Waals surface area contributed by atoms with E-state index >= 15 is 0 Å². The number of aryl methyl sites for hydroxylation is 1. The third-order valence-corrected chi connectivity index (χ3v) is 3.50. The van der Waals surface area contributed by atoms with Crippen LogP contribution in [0.25, 0.3) is 10.9 Å². The van der Waals surface area contributed by atoms with E-state index in [1.54, 1.807) is 7.05 Å². The summed E-state index contributed by atoms with van der Waals surface area (Å²) in [6.07, 6.45) is 2.39. The number of carbonyl (C=O) groups excluding carboxylic acids is 1. The summed E-state index contributed by atoms with van der Waals surface area (Å²) in [6.45, 7) is 8.02. The van der Waals surface area contributed by atoms with Crippen molar-refractivity contribution in [3.63, 3.8) is 0 Å². The molecular weight excluding hydrogens is 304 g/mol. The zero-order valence-electron chi connectivity index (χ0n) is 15.1. The van der Waals surface area contributed by atoms with E-state index in [2.05, 4.69) is 16.4 Å². The van der Waals surface area contributed by atoms with Crippen LogP contribution in [0.4, 0.5) is 0 Å². The lowest BCUT2D eigenvalue weighted by molar-refractivity contribution is -0.157. The predicted molar refractivity (Wildman–Crippen MR) is 95.3 cm³/mol. The number of benzene rings is 1. The van der Waals surface area contributed by atoms with Gasteiger partial charge in [-0.1, -0.05) is 0 Å². The largest absolute Gasteiger partial charge is 0.493 e. The molecule has 24 heavy (non-hydrogen) atoms. The zero-order valence-corrected chi connectivity index (χ0v) is 15.1. The van der Waals surface area contributed by atoms with Crippen molar-refractivity contribution in [1.29, 1.82) is 0 Å². The van der Waals surface area contributed by atoms with Gasteiger partial charge in [0, 0.05) is 18.0 Å². The maximum Gasteiger partial charge on any atom is 0.323 e. The molecule has 5 heteroatoms. The molecule has 0 bridgehead atoms. The Bertz CT molecular complexity index is 707. The van der Waals surface area contributed by atoms with Crippen LogP contribution < -0.4 is 10.1 Å². The van der Waals surface area contributed by atoms with Crippen molar-refractivity contribution in [2.24, 2.45) is 0 Å². The molecule has 1 aromatic heterocycles. The van der Waals surface area contributed by atoms with Crippen LogP contribution in [0.2, 0.25) is 0 Å². The van der Waals surface area contributed by atoms with Gasteiger partial charge in [-0.05, 0) is 64.6 Å². The van der Waals surface area contributed by atoms with Gasteiger partial charge in [0.15, 0.2) is 0 Å². The fourth-order valence-corrected chi connectivity index (χ4v) is 2.36. The van der Waals surface area contributed by atoms with Crippen LogP contribution in [-0.2, 0) is 9.53 Å². The van der Waals surface area contributed by atoms with E-state index in [4.69, 9.17) is 9.47 Å². The lowest BCUT2D eigenvalue weighted by Gasteiger charge is -2.23. The minimum Gasteiger partial charge on any atom is -0.493 e. The van der Waals surface area contributed by atoms with Gasteiger partial charge in [0.05, 0.1) is 12.1 Å². The molecule has 130 valence electrons. The molecule has 0 spiro atoms. The van der Waals surface area contributed by atoms with Gasteiger partial charge in [0.25, 0.3) is 0 Å². The normalized spacial score (nSPS) is 12.9. The number of pyridine rings is 1. The second-order valence-corrected chi connectivity index (χ2v) is 6.88. The predicted octanol–water partition coefficient (Wildman–Crippen LogP) is 3.24. The Morgan fingerprint density at radius 3 is 2.71 bits per heavy atom. The molecule has 2 rings (SSSR count). The number of ether oxygens (including phenoxy) is 2. The van der Waals surface area contributed by atoms with E-state index < -0.39 is 5.60 Å². The van der Waals surface area contributed by atoms with E-state index in [0.717, 1.165) is 22.2 Å². The highest BCUT2D eigenvalue weighted by molar-refractivity contribution is 5.80. The highest BCUT2D eigenvalue weighted by Gasteiger charge is 2.23. The van der Waals surface area contributed by atoms with E-state index in [1.807, 2.05) is 52.1 Å². The third-order valence-electron chi connectivity index (χ3n) is 3.50. The maximum atomic E-state index is 12.1. The van der Waals surface area contributed by atoms with Crippen LogP contribution in [0.15, 0.2) is 30.5 Å². The number of nitrogens with zero attached hydrogens (tertiary/aromatic N) is 1. The second-order valence-electron chi connectivity index (χ2n) is 6.88. The smallest absolute Gasteiger partial charge is 0.323 e. The molecule has 0 aliphatic carbocycles. The van der Waals surface area contributed by atoms with E-state index in [-0.39, 0.29) is 12.0 Å². The number of carbonyl (C=O) groups is 1. The van der Waals surface area contributed by atoms with E-state index in [1.165, 1.54) is 0 Å². The molecule has 1 aromatic carbocycles. The highest BCUT2D eigenvalue weighted by Crippen LogP contribution is 2.20. The average Bonchev–Trinajstić information content (AvgIpc) is 2.49. The molecule has 0 radical (unpaired) electrons.